The van der Waals surface area contributed by atoms with Crippen molar-refractivity contribution in [3.63, 3.8) is 0 Å². The lowest BCUT2D eigenvalue weighted by Gasteiger charge is -2.37. The van der Waals surface area contributed by atoms with E-state index in [9.17, 15) is 0 Å². The smallest absolute Gasteiger partial charge is 0.231 e. The minimum atomic E-state index is 0.311. The first-order valence-corrected chi connectivity index (χ1v) is 8.44. The summed E-state index contributed by atoms with van der Waals surface area (Å²) in [4.78, 5) is 18.0. The molecule has 0 bridgehead atoms. The molecule has 2 unspecified atom stereocenters. The average Bonchev–Trinajstić information content (AvgIpc) is 2.50. The van der Waals surface area contributed by atoms with Gasteiger partial charge in [-0.15, -0.1) is 0 Å². The molecule has 2 saturated heterocycles. The van der Waals surface area contributed by atoms with Crippen LogP contribution in [-0.4, -0.2) is 40.6 Å². The van der Waals surface area contributed by atoms with Crippen LogP contribution in [0.25, 0.3) is 0 Å². The standard InChI is InChI=1S/C15H24ClN5/c1-11-6-7-12(2)21(10-11)15-18-13(16)17-14(19-15)20-8-4-3-5-9-20/h11-12H,3-10H2,1-2H3. The highest BCUT2D eigenvalue weighted by Gasteiger charge is 2.26. The molecule has 2 atom stereocenters. The van der Waals surface area contributed by atoms with Crippen LogP contribution in [-0.2, 0) is 0 Å². The molecule has 0 aliphatic carbocycles. The van der Waals surface area contributed by atoms with Crippen molar-refractivity contribution in [3.8, 4) is 0 Å². The maximum atomic E-state index is 6.16. The molecule has 0 saturated carbocycles. The quantitative estimate of drug-likeness (QED) is 0.840. The second-order valence-electron chi connectivity index (χ2n) is 6.44. The lowest BCUT2D eigenvalue weighted by atomic mass is 9.95. The van der Waals surface area contributed by atoms with Crippen LogP contribution in [0.5, 0.6) is 0 Å². The van der Waals surface area contributed by atoms with Crippen molar-refractivity contribution in [3.05, 3.63) is 5.28 Å². The molecule has 3 rings (SSSR count). The summed E-state index contributed by atoms with van der Waals surface area (Å²) in [5.74, 6) is 2.17. The summed E-state index contributed by atoms with van der Waals surface area (Å²) >= 11 is 6.16. The minimum absolute atomic E-state index is 0.311. The maximum Gasteiger partial charge on any atom is 0.231 e. The number of piperidine rings is 2. The summed E-state index contributed by atoms with van der Waals surface area (Å²) in [6.45, 7) is 7.57. The third-order valence-electron chi connectivity index (χ3n) is 4.60. The van der Waals surface area contributed by atoms with Crippen LogP contribution in [0.3, 0.4) is 0 Å². The van der Waals surface area contributed by atoms with Crippen molar-refractivity contribution < 1.29 is 0 Å². The van der Waals surface area contributed by atoms with Crippen LogP contribution < -0.4 is 9.80 Å². The van der Waals surface area contributed by atoms with Gasteiger partial charge in [0.1, 0.15) is 0 Å². The monoisotopic (exact) mass is 309 g/mol. The van der Waals surface area contributed by atoms with Gasteiger partial charge in [0.25, 0.3) is 0 Å². The molecular weight excluding hydrogens is 286 g/mol. The predicted octanol–water partition coefficient (Wildman–Crippen LogP) is 3.14. The zero-order valence-electron chi connectivity index (χ0n) is 12.9. The highest BCUT2D eigenvalue weighted by Crippen LogP contribution is 2.27. The van der Waals surface area contributed by atoms with E-state index in [4.69, 9.17) is 16.6 Å². The molecule has 0 radical (unpaired) electrons. The summed E-state index contributed by atoms with van der Waals surface area (Å²) in [5, 5.41) is 0.311. The fraction of sp³-hybridized carbons (Fsp3) is 0.800. The molecule has 1 aromatic heterocycles. The predicted molar refractivity (Wildman–Crippen MR) is 86.1 cm³/mol. The summed E-state index contributed by atoms with van der Waals surface area (Å²) in [6, 6.07) is 0.467. The Morgan fingerprint density at radius 1 is 0.952 bits per heavy atom. The van der Waals surface area contributed by atoms with Gasteiger partial charge in [-0.05, 0) is 56.5 Å². The van der Waals surface area contributed by atoms with E-state index in [1.165, 1.54) is 32.1 Å². The first-order chi connectivity index (χ1) is 10.1. The Labute approximate surface area is 131 Å². The van der Waals surface area contributed by atoms with Crippen LogP contribution >= 0.6 is 11.6 Å². The van der Waals surface area contributed by atoms with Crippen molar-refractivity contribution >= 4 is 23.5 Å². The molecular formula is C15H24ClN5. The molecule has 3 heterocycles. The Bertz CT molecular complexity index is 489. The van der Waals surface area contributed by atoms with Crippen molar-refractivity contribution in [2.75, 3.05) is 29.4 Å². The number of hydrogen-bond acceptors (Lipinski definition) is 5. The van der Waals surface area contributed by atoms with Gasteiger partial charge < -0.3 is 9.80 Å². The molecule has 21 heavy (non-hydrogen) atoms. The second-order valence-corrected chi connectivity index (χ2v) is 6.77. The van der Waals surface area contributed by atoms with Gasteiger partial charge in [-0.1, -0.05) is 6.92 Å². The van der Waals surface area contributed by atoms with Crippen molar-refractivity contribution in [2.45, 2.75) is 52.0 Å². The van der Waals surface area contributed by atoms with Crippen LogP contribution in [0.4, 0.5) is 11.9 Å². The van der Waals surface area contributed by atoms with Gasteiger partial charge in [-0.2, -0.15) is 15.0 Å². The van der Waals surface area contributed by atoms with E-state index in [1.807, 2.05) is 0 Å². The molecule has 1 aromatic rings. The van der Waals surface area contributed by atoms with E-state index in [2.05, 4.69) is 33.6 Å². The van der Waals surface area contributed by atoms with Crippen LogP contribution in [0.1, 0.15) is 46.0 Å². The molecule has 6 heteroatoms. The topological polar surface area (TPSA) is 45.2 Å². The lowest BCUT2D eigenvalue weighted by Crippen LogP contribution is -2.42. The SMILES string of the molecule is CC1CCC(C)N(c2nc(Cl)nc(N3CCCCC3)n2)C1. The third-order valence-corrected chi connectivity index (χ3v) is 4.77. The Hall–Kier alpha value is -1.10. The number of halogens is 1. The molecule has 0 spiro atoms. The first kappa shape index (κ1) is 14.8. The van der Waals surface area contributed by atoms with E-state index in [1.54, 1.807) is 0 Å². The minimum Gasteiger partial charge on any atom is -0.341 e. The summed E-state index contributed by atoms with van der Waals surface area (Å²) in [5.41, 5.74) is 0. The fourth-order valence-electron chi connectivity index (χ4n) is 3.26. The highest BCUT2D eigenvalue weighted by atomic mass is 35.5. The van der Waals surface area contributed by atoms with E-state index < -0.39 is 0 Å². The number of rotatable bonds is 2. The average molecular weight is 310 g/mol. The zero-order chi connectivity index (χ0) is 14.8. The van der Waals surface area contributed by atoms with Gasteiger partial charge in [0.2, 0.25) is 17.2 Å². The summed E-state index contributed by atoms with van der Waals surface area (Å²) in [7, 11) is 0. The van der Waals surface area contributed by atoms with E-state index in [0.29, 0.717) is 17.2 Å². The molecule has 0 aromatic carbocycles. The van der Waals surface area contributed by atoms with Gasteiger partial charge in [-0.25, -0.2) is 0 Å². The van der Waals surface area contributed by atoms with Gasteiger partial charge in [-0.3, -0.25) is 0 Å². The third kappa shape index (κ3) is 3.39. The fourth-order valence-corrected chi connectivity index (χ4v) is 3.41. The van der Waals surface area contributed by atoms with E-state index >= 15 is 0 Å². The first-order valence-electron chi connectivity index (χ1n) is 8.06. The van der Waals surface area contributed by atoms with Gasteiger partial charge >= 0.3 is 0 Å². The lowest BCUT2D eigenvalue weighted by molar-refractivity contribution is 0.385. The molecule has 0 amide bonds. The number of hydrogen-bond donors (Lipinski definition) is 0. The summed E-state index contributed by atoms with van der Waals surface area (Å²) in [6.07, 6.45) is 6.16. The van der Waals surface area contributed by atoms with E-state index in [-0.39, 0.29) is 0 Å². The molecule has 2 fully saturated rings. The zero-order valence-corrected chi connectivity index (χ0v) is 13.7. The van der Waals surface area contributed by atoms with Gasteiger partial charge in [0.05, 0.1) is 0 Å². The summed E-state index contributed by atoms with van der Waals surface area (Å²) < 4.78 is 0. The molecule has 0 N–H and O–H groups in total. The number of nitrogens with zero attached hydrogens (tertiary/aromatic N) is 5. The molecule has 116 valence electrons. The Morgan fingerprint density at radius 3 is 2.43 bits per heavy atom. The number of anilines is 2. The van der Waals surface area contributed by atoms with E-state index in [0.717, 1.165) is 31.5 Å². The Balaban J connectivity index is 1.86. The second kappa shape index (κ2) is 6.34. The largest absolute Gasteiger partial charge is 0.341 e. The normalized spacial score (nSPS) is 27.0. The Morgan fingerprint density at radius 2 is 1.67 bits per heavy atom. The van der Waals surface area contributed by atoms with Crippen molar-refractivity contribution in [1.82, 2.24) is 15.0 Å². The van der Waals surface area contributed by atoms with Crippen molar-refractivity contribution in [1.29, 1.82) is 0 Å². The maximum absolute atomic E-state index is 6.16. The molecule has 5 nitrogen and oxygen atoms in total. The van der Waals surface area contributed by atoms with Gasteiger partial charge in [0, 0.05) is 25.7 Å². The highest BCUT2D eigenvalue weighted by molar-refractivity contribution is 6.28. The molecule has 2 aliphatic rings. The Kier molecular flexibility index (Phi) is 4.48. The van der Waals surface area contributed by atoms with Crippen LogP contribution in [0.2, 0.25) is 5.28 Å². The van der Waals surface area contributed by atoms with Crippen LogP contribution in [0, 0.1) is 5.92 Å². The van der Waals surface area contributed by atoms with Crippen LogP contribution in [0.15, 0.2) is 0 Å². The molecule has 2 aliphatic heterocycles. The number of aromatic nitrogens is 3. The van der Waals surface area contributed by atoms with Gasteiger partial charge in [0.15, 0.2) is 0 Å². The van der Waals surface area contributed by atoms with Crippen molar-refractivity contribution in [2.24, 2.45) is 5.92 Å².